The summed E-state index contributed by atoms with van der Waals surface area (Å²) in [6, 6.07) is 9.95. The third-order valence-corrected chi connectivity index (χ3v) is 2.77. The van der Waals surface area contributed by atoms with E-state index in [1.165, 1.54) is 0 Å². The van der Waals surface area contributed by atoms with Gasteiger partial charge in [-0.3, -0.25) is 9.97 Å². The number of pyridine rings is 1. The Morgan fingerprint density at radius 2 is 1.95 bits per heavy atom. The molecule has 19 heavy (non-hydrogen) atoms. The van der Waals surface area contributed by atoms with Crippen LogP contribution in [0.15, 0.2) is 48.9 Å². The van der Waals surface area contributed by atoms with Gasteiger partial charge in [0.25, 0.3) is 0 Å². The zero-order valence-corrected chi connectivity index (χ0v) is 10.5. The molecule has 0 aliphatic rings. The van der Waals surface area contributed by atoms with Crippen LogP contribution in [0.4, 0.5) is 17.3 Å². The smallest absolute Gasteiger partial charge is 0.151 e. The van der Waals surface area contributed by atoms with E-state index >= 15 is 0 Å². The Morgan fingerprint density at radius 3 is 2.84 bits per heavy atom. The van der Waals surface area contributed by atoms with Gasteiger partial charge in [0, 0.05) is 24.3 Å². The molecule has 1 aromatic carbocycles. The minimum atomic E-state index is 0.704. The molecule has 0 bridgehead atoms. The molecule has 3 rings (SSSR count). The second-order valence-corrected chi connectivity index (χ2v) is 4.08. The van der Waals surface area contributed by atoms with Gasteiger partial charge in [-0.2, -0.15) is 0 Å². The SMILES string of the molecule is CNc1cncc(Nc2ccc3ncccc3c2)n1. The molecule has 5 heteroatoms. The largest absolute Gasteiger partial charge is 0.372 e. The minimum Gasteiger partial charge on any atom is -0.372 e. The van der Waals surface area contributed by atoms with Gasteiger partial charge in [0.1, 0.15) is 5.82 Å². The summed E-state index contributed by atoms with van der Waals surface area (Å²) in [5.74, 6) is 1.43. The molecule has 2 heterocycles. The lowest BCUT2D eigenvalue weighted by Gasteiger charge is -2.07. The van der Waals surface area contributed by atoms with Crippen molar-refractivity contribution in [2.24, 2.45) is 0 Å². The average Bonchev–Trinajstić information content (AvgIpc) is 2.47. The highest BCUT2D eigenvalue weighted by atomic mass is 15.1. The predicted molar refractivity (Wildman–Crippen MR) is 76.6 cm³/mol. The van der Waals surface area contributed by atoms with Gasteiger partial charge in [-0.05, 0) is 24.3 Å². The number of rotatable bonds is 3. The normalized spacial score (nSPS) is 10.4. The number of aromatic nitrogens is 3. The molecule has 5 nitrogen and oxygen atoms in total. The van der Waals surface area contributed by atoms with E-state index in [9.17, 15) is 0 Å². The van der Waals surface area contributed by atoms with Crippen molar-refractivity contribution in [1.82, 2.24) is 15.0 Å². The van der Waals surface area contributed by atoms with E-state index in [1.807, 2.05) is 37.4 Å². The second-order valence-electron chi connectivity index (χ2n) is 4.08. The third kappa shape index (κ3) is 2.44. The van der Waals surface area contributed by atoms with Gasteiger partial charge in [-0.25, -0.2) is 4.98 Å². The first-order chi connectivity index (χ1) is 9.35. The van der Waals surface area contributed by atoms with Crippen LogP contribution in [0, 0.1) is 0 Å². The molecular weight excluding hydrogens is 238 g/mol. The highest BCUT2D eigenvalue weighted by Crippen LogP contribution is 2.20. The summed E-state index contributed by atoms with van der Waals surface area (Å²) in [7, 11) is 1.81. The lowest BCUT2D eigenvalue weighted by Crippen LogP contribution is -1.98. The van der Waals surface area contributed by atoms with E-state index in [0.717, 1.165) is 22.4 Å². The summed E-state index contributed by atoms with van der Waals surface area (Å²) < 4.78 is 0. The Bertz CT molecular complexity index is 711. The first kappa shape index (κ1) is 11.4. The molecule has 2 aromatic heterocycles. The molecule has 3 aromatic rings. The van der Waals surface area contributed by atoms with Crippen LogP contribution in [0.2, 0.25) is 0 Å². The molecule has 0 aliphatic carbocycles. The van der Waals surface area contributed by atoms with E-state index in [-0.39, 0.29) is 0 Å². The van der Waals surface area contributed by atoms with E-state index in [0.29, 0.717) is 5.82 Å². The molecule has 0 amide bonds. The van der Waals surface area contributed by atoms with Gasteiger partial charge in [-0.1, -0.05) is 6.07 Å². The standard InChI is InChI=1S/C14H13N5/c1-15-13-8-16-9-14(19-13)18-11-4-5-12-10(7-11)3-2-6-17-12/h2-9H,1H3,(H2,15,18,19). The van der Waals surface area contributed by atoms with Gasteiger partial charge in [-0.15, -0.1) is 0 Å². The molecule has 0 saturated carbocycles. The molecule has 0 aliphatic heterocycles. The topological polar surface area (TPSA) is 62.7 Å². The van der Waals surface area contributed by atoms with Crippen molar-refractivity contribution < 1.29 is 0 Å². The quantitative estimate of drug-likeness (QED) is 0.749. The number of anilines is 3. The van der Waals surface area contributed by atoms with Crippen molar-refractivity contribution in [2.75, 3.05) is 17.7 Å². The highest BCUT2D eigenvalue weighted by molar-refractivity contribution is 5.82. The van der Waals surface area contributed by atoms with Crippen LogP contribution in [-0.2, 0) is 0 Å². The van der Waals surface area contributed by atoms with Gasteiger partial charge < -0.3 is 10.6 Å². The van der Waals surface area contributed by atoms with Crippen LogP contribution in [0.5, 0.6) is 0 Å². The molecule has 0 fully saturated rings. The van der Waals surface area contributed by atoms with Crippen molar-refractivity contribution in [1.29, 1.82) is 0 Å². The molecule has 0 atom stereocenters. The maximum Gasteiger partial charge on any atom is 0.151 e. The number of hydrogen-bond donors (Lipinski definition) is 2. The molecule has 0 spiro atoms. The van der Waals surface area contributed by atoms with Crippen molar-refractivity contribution in [2.45, 2.75) is 0 Å². The molecule has 0 unspecified atom stereocenters. The second kappa shape index (κ2) is 4.89. The zero-order chi connectivity index (χ0) is 13.1. The van der Waals surface area contributed by atoms with Crippen LogP contribution >= 0.6 is 0 Å². The lowest BCUT2D eigenvalue weighted by atomic mass is 10.2. The Balaban J connectivity index is 1.92. The number of benzene rings is 1. The zero-order valence-electron chi connectivity index (χ0n) is 10.5. The van der Waals surface area contributed by atoms with E-state index in [4.69, 9.17) is 0 Å². The number of hydrogen-bond acceptors (Lipinski definition) is 5. The average molecular weight is 251 g/mol. The van der Waals surface area contributed by atoms with Gasteiger partial charge in [0.2, 0.25) is 0 Å². The Morgan fingerprint density at radius 1 is 1.05 bits per heavy atom. The van der Waals surface area contributed by atoms with Crippen LogP contribution in [0.3, 0.4) is 0 Å². The fourth-order valence-corrected chi connectivity index (χ4v) is 1.85. The summed E-state index contributed by atoms with van der Waals surface area (Å²) in [4.78, 5) is 12.8. The predicted octanol–water partition coefficient (Wildman–Crippen LogP) is 2.81. The van der Waals surface area contributed by atoms with Crippen molar-refractivity contribution in [3.05, 3.63) is 48.9 Å². The van der Waals surface area contributed by atoms with Gasteiger partial charge in [0.15, 0.2) is 5.82 Å². The third-order valence-electron chi connectivity index (χ3n) is 2.77. The molecular formula is C14H13N5. The maximum absolute atomic E-state index is 4.37. The van der Waals surface area contributed by atoms with Crippen LogP contribution < -0.4 is 10.6 Å². The van der Waals surface area contributed by atoms with Crippen LogP contribution in [-0.4, -0.2) is 22.0 Å². The van der Waals surface area contributed by atoms with Crippen LogP contribution in [0.1, 0.15) is 0 Å². The summed E-state index contributed by atoms with van der Waals surface area (Å²) in [6.45, 7) is 0. The lowest BCUT2D eigenvalue weighted by molar-refractivity contribution is 1.18. The first-order valence-corrected chi connectivity index (χ1v) is 5.97. The van der Waals surface area contributed by atoms with Crippen molar-refractivity contribution >= 4 is 28.2 Å². The number of nitrogens with zero attached hydrogens (tertiary/aromatic N) is 3. The Labute approximate surface area is 110 Å². The fraction of sp³-hybridized carbons (Fsp3) is 0.0714. The monoisotopic (exact) mass is 251 g/mol. The van der Waals surface area contributed by atoms with Crippen molar-refractivity contribution in [3.8, 4) is 0 Å². The van der Waals surface area contributed by atoms with Crippen LogP contribution in [0.25, 0.3) is 10.9 Å². The molecule has 0 radical (unpaired) electrons. The summed E-state index contributed by atoms with van der Waals surface area (Å²) in [6.07, 6.45) is 5.15. The first-order valence-electron chi connectivity index (χ1n) is 5.97. The summed E-state index contributed by atoms with van der Waals surface area (Å²) in [5, 5.41) is 7.28. The maximum atomic E-state index is 4.37. The highest BCUT2D eigenvalue weighted by Gasteiger charge is 2.00. The minimum absolute atomic E-state index is 0.704. The van der Waals surface area contributed by atoms with Gasteiger partial charge in [0.05, 0.1) is 17.9 Å². The summed E-state index contributed by atoms with van der Waals surface area (Å²) in [5.41, 5.74) is 1.94. The fourth-order valence-electron chi connectivity index (χ4n) is 1.85. The number of nitrogens with one attached hydrogen (secondary N) is 2. The Kier molecular flexibility index (Phi) is 2.94. The van der Waals surface area contributed by atoms with E-state index < -0.39 is 0 Å². The summed E-state index contributed by atoms with van der Waals surface area (Å²) >= 11 is 0. The molecule has 2 N–H and O–H groups in total. The molecule has 0 saturated heterocycles. The van der Waals surface area contributed by atoms with E-state index in [1.54, 1.807) is 18.6 Å². The Hall–Kier alpha value is -2.69. The van der Waals surface area contributed by atoms with E-state index in [2.05, 4.69) is 25.6 Å². The van der Waals surface area contributed by atoms with Crippen molar-refractivity contribution in [3.63, 3.8) is 0 Å². The van der Waals surface area contributed by atoms with Gasteiger partial charge >= 0.3 is 0 Å². The molecule has 94 valence electrons. The number of fused-ring (bicyclic) bond motifs is 1.